The third-order valence-corrected chi connectivity index (χ3v) is 5.87. The van der Waals surface area contributed by atoms with Gasteiger partial charge in [0.05, 0.1) is 0 Å². The molecule has 0 fully saturated rings. The van der Waals surface area contributed by atoms with E-state index in [1.807, 2.05) is 30.3 Å². The van der Waals surface area contributed by atoms with Crippen molar-refractivity contribution in [3.63, 3.8) is 0 Å². The van der Waals surface area contributed by atoms with E-state index >= 15 is 0 Å². The van der Waals surface area contributed by atoms with Gasteiger partial charge in [-0.3, -0.25) is 0 Å². The lowest BCUT2D eigenvalue weighted by Gasteiger charge is -2.25. The van der Waals surface area contributed by atoms with Crippen LogP contribution >= 0.6 is 0 Å². The lowest BCUT2D eigenvalue weighted by Crippen LogP contribution is -2.16. The van der Waals surface area contributed by atoms with Crippen molar-refractivity contribution < 1.29 is 4.74 Å². The van der Waals surface area contributed by atoms with Crippen LogP contribution in [0.1, 0.15) is 11.1 Å². The summed E-state index contributed by atoms with van der Waals surface area (Å²) in [7, 11) is 0. The van der Waals surface area contributed by atoms with Crippen LogP contribution in [0.2, 0.25) is 0 Å². The second-order valence-electron chi connectivity index (χ2n) is 8.25. The summed E-state index contributed by atoms with van der Waals surface area (Å²) >= 11 is 0. The topological polar surface area (TPSA) is 12.5 Å². The molecule has 5 rings (SSSR count). The fourth-order valence-corrected chi connectivity index (χ4v) is 4.02. The van der Waals surface area contributed by atoms with Crippen LogP contribution in [0, 0.1) is 0 Å². The molecule has 0 saturated heterocycles. The molecule has 2 heteroatoms. The fourth-order valence-electron chi connectivity index (χ4n) is 4.02. The molecule has 0 amide bonds. The SMILES string of the molecule is c1ccc(COc2ccc(-c3ccc(N(Cc4ccccc4)c4ccccc4)cc3)cc2)cc1. The zero-order valence-corrected chi connectivity index (χ0v) is 19.0. The third kappa shape index (κ3) is 5.36. The van der Waals surface area contributed by atoms with E-state index in [1.165, 1.54) is 33.6 Å². The van der Waals surface area contributed by atoms with E-state index in [1.54, 1.807) is 0 Å². The summed E-state index contributed by atoms with van der Waals surface area (Å²) < 4.78 is 5.93. The van der Waals surface area contributed by atoms with Crippen molar-refractivity contribution in [1.29, 1.82) is 0 Å². The predicted octanol–water partition coefficient (Wildman–Crippen LogP) is 8.27. The maximum Gasteiger partial charge on any atom is 0.119 e. The second-order valence-corrected chi connectivity index (χ2v) is 8.25. The molecule has 0 radical (unpaired) electrons. The Morgan fingerprint density at radius 1 is 0.441 bits per heavy atom. The largest absolute Gasteiger partial charge is 0.489 e. The molecule has 5 aromatic carbocycles. The number of hydrogen-bond acceptors (Lipinski definition) is 2. The molecule has 0 bridgehead atoms. The molecule has 34 heavy (non-hydrogen) atoms. The summed E-state index contributed by atoms with van der Waals surface area (Å²) in [5.41, 5.74) is 7.15. The Hall–Kier alpha value is -4.30. The number of nitrogens with zero attached hydrogens (tertiary/aromatic N) is 1. The molecule has 0 aliphatic heterocycles. The standard InChI is InChI=1S/C32H27NO/c1-4-10-26(11-5-1)24-33(30-14-8-3-9-15-30)31-20-16-28(17-21-31)29-18-22-32(23-19-29)34-25-27-12-6-2-7-13-27/h1-23H,24-25H2. The predicted molar refractivity (Wildman–Crippen MR) is 141 cm³/mol. The number of benzene rings is 5. The summed E-state index contributed by atoms with van der Waals surface area (Å²) in [5.74, 6) is 0.877. The van der Waals surface area contributed by atoms with Gasteiger partial charge in [-0.25, -0.2) is 0 Å². The number of hydrogen-bond donors (Lipinski definition) is 0. The zero-order valence-electron chi connectivity index (χ0n) is 19.0. The van der Waals surface area contributed by atoms with E-state index in [0.717, 1.165) is 12.3 Å². The lowest BCUT2D eigenvalue weighted by molar-refractivity contribution is 0.306. The van der Waals surface area contributed by atoms with Crippen LogP contribution in [0.5, 0.6) is 5.75 Å². The van der Waals surface area contributed by atoms with Crippen LogP contribution in [0.4, 0.5) is 11.4 Å². The van der Waals surface area contributed by atoms with Crippen LogP contribution in [0.25, 0.3) is 11.1 Å². The number of rotatable bonds is 8. The van der Waals surface area contributed by atoms with Gasteiger partial charge in [-0.05, 0) is 58.7 Å². The summed E-state index contributed by atoms with van der Waals surface area (Å²) in [6, 6.07) is 48.5. The first-order chi connectivity index (χ1) is 16.8. The monoisotopic (exact) mass is 441 g/mol. The number of anilines is 2. The van der Waals surface area contributed by atoms with E-state index in [4.69, 9.17) is 4.74 Å². The maximum atomic E-state index is 5.93. The lowest BCUT2D eigenvalue weighted by atomic mass is 10.0. The molecule has 0 spiro atoms. The fraction of sp³-hybridized carbons (Fsp3) is 0.0625. The van der Waals surface area contributed by atoms with Crippen LogP contribution in [0.3, 0.4) is 0 Å². The van der Waals surface area contributed by atoms with Crippen molar-refractivity contribution in [2.24, 2.45) is 0 Å². The van der Waals surface area contributed by atoms with Crippen molar-refractivity contribution in [1.82, 2.24) is 0 Å². The van der Waals surface area contributed by atoms with Gasteiger partial charge in [0.1, 0.15) is 12.4 Å². The molecule has 0 unspecified atom stereocenters. The molecular weight excluding hydrogens is 414 g/mol. The molecule has 0 aliphatic carbocycles. The van der Waals surface area contributed by atoms with Crippen molar-refractivity contribution in [2.75, 3.05) is 4.90 Å². The van der Waals surface area contributed by atoms with Gasteiger partial charge in [0, 0.05) is 17.9 Å². The second kappa shape index (κ2) is 10.5. The summed E-state index contributed by atoms with van der Waals surface area (Å²) in [6.07, 6.45) is 0. The van der Waals surface area contributed by atoms with E-state index in [9.17, 15) is 0 Å². The van der Waals surface area contributed by atoms with Gasteiger partial charge in [-0.1, -0.05) is 103 Å². The van der Waals surface area contributed by atoms with Gasteiger partial charge >= 0.3 is 0 Å². The Bertz CT molecular complexity index is 1280. The average molecular weight is 442 g/mol. The first-order valence-corrected chi connectivity index (χ1v) is 11.6. The van der Waals surface area contributed by atoms with E-state index in [-0.39, 0.29) is 0 Å². The molecule has 0 heterocycles. The minimum Gasteiger partial charge on any atom is -0.489 e. The highest BCUT2D eigenvalue weighted by Crippen LogP contribution is 2.30. The highest BCUT2D eigenvalue weighted by Gasteiger charge is 2.10. The van der Waals surface area contributed by atoms with Gasteiger partial charge in [-0.2, -0.15) is 0 Å². The summed E-state index contributed by atoms with van der Waals surface area (Å²) in [5, 5.41) is 0. The van der Waals surface area contributed by atoms with E-state index in [2.05, 4.69) is 114 Å². The van der Waals surface area contributed by atoms with Gasteiger partial charge in [0.2, 0.25) is 0 Å². The Kier molecular flexibility index (Phi) is 6.68. The Morgan fingerprint density at radius 3 is 1.50 bits per heavy atom. The van der Waals surface area contributed by atoms with Crippen LogP contribution in [0.15, 0.2) is 140 Å². The van der Waals surface area contributed by atoms with Gasteiger partial charge in [0.15, 0.2) is 0 Å². The normalized spacial score (nSPS) is 10.6. The van der Waals surface area contributed by atoms with Crippen LogP contribution in [-0.4, -0.2) is 0 Å². The highest BCUT2D eigenvalue weighted by atomic mass is 16.5. The van der Waals surface area contributed by atoms with Crippen molar-refractivity contribution >= 4 is 11.4 Å². The Morgan fingerprint density at radius 2 is 0.912 bits per heavy atom. The first kappa shape index (κ1) is 21.5. The first-order valence-electron chi connectivity index (χ1n) is 11.6. The summed E-state index contributed by atoms with van der Waals surface area (Å²) in [4.78, 5) is 2.35. The van der Waals surface area contributed by atoms with E-state index in [0.29, 0.717) is 6.61 Å². The van der Waals surface area contributed by atoms with E-state index < -0.39 is 0 Å². The minimum atomic E-state index is 0.575. The molecular formula is C32H27NO. The average Bonchev–Trinajstić information content (AvgIpc) is 2.93. The Balaban J connectivity index is 1.32. The smallest absolute Gasteiger partial charge is 0.119 e. The molecule has 166 valence electrons. The van der Waals surface area contributed by atoms with Gasteiger partial charge < -0.3 is 9.64 Å². The molecule has 2 nitrogen and oxygen atoms in total. The molecule has 5 aromatic rings. The molecule has 0 N–H and O–H groups in total. The van der Waals surface area contributed by atoms with Crippen molar-refractivity contribution in [3.05, 3.63) is 151 Å². The molecule has 0 atom stereocenters. The van der Waals surface area contributed by atoms with Crippen molar-refractivity contribution in [3.8, 4) is 16.9 Å². The van der Waals surface area contributed by atoms with Crippen molar-refractivity contribution in [2.45, 2.75) is 13.2 Å². The maximum absolute atomic E-state index is 5.93. The van der Waals surface area contributed by atoms with Crippen LogP contribution in [-0.2, 0) is 13.2 Å². The molecule has 0 saturated carbocycles. The molecule has 0 aliphatic rings. The summed E-state index contributed by atoms with van der Waals surface area (Å²) in [6.45, 7) is 1.39. The zero-order chi connectivity index (χ0) is 23.0. The number of ether oxygens (including phenoxy) is 1. The van der Waals surface area contributed by atoms with Gasteiger partial charge in [0.25, 0.3) is 0 Å². The third-order valence-electron chi connectivity index (χ3n) is 5.87. The van der Waals surface area contributed by atoms with Crippen LogP contribution < -0.4 is 9.64 Å². The molecule has 0 aromatic heterocycles. The minimum absolute atomic E-state index is 0.575. The Labute approximate surface area is 201 Å². The quantitative estimate of drug-likeness (QED) is 0.240. The number of para-hydroxylation sites is 1. The highest BCUT2D eigenvalue weighted by molar-refractivity contribution is 5.70. The van der Waals surface area contributed by atoms with Gasteiger partial charge in [-0.15, -0.1) is 0 Å².